The molecule has 1 amide bonds. The van der Waals surface area contributed by atoms with Gasteiger partial charge in [-0.1, -0.05) is 6.08 Å². The first kappa shape index (κ1) is 20.3. The normalized spacial score (nSPS) is 15.1. The van der Waals surface area contributed by atoms with Gasteiger partial charge in [0.15, 0.2) is 0 Å². The molecule has 144 valence electrons. The Morgan fingerprint density at radius 1 is 1.52 bits per heavy atom. The van der Waals surface area contributed by atoms with Crippen LogP contribution in [0.25, 0.3) is 0 Å². The van der Waals surface area contributed by atoms with Gasteiger partial charge in [0.2, 0.25) is 5.95 Å². The quantitative estimate of drug-likeness (QED) is 0.464. The number of nitrogens with zero attached hydrogens (tertiary/aromatic N) is 2. The summed E-state index contributed by atoms with van der Waals surface area (Å²) in [7, 11) is 0. The number of rotatable bonds is 6. The molecule has 1 aliphatic rings. The summed E-state index contributed by atoms with van der Waals surface area (Å²) in [4.78, 5) is 19.9. The number of primary amides is 1. The molecule has 6 N–H and O–H groups in total. The zero-order chi connectivity index (χ0) is 18.5. The number of aromatic nitrogens is 2. The van der Waals surface area contributed by atoms with E-state index in [4.69, 9.17) is 10.5 Å². The Kier molecular flexibility index (Phi) is 6.85. The first-order valence-corrected chi connectivity index (χ1v) is 8.04. The van der Waals surface area contributed by atoms with Crippen LogP contribution in [0.1, 0.15) is 10.4 Å². The number of hydrogen-bond acceptors (Lipinski definition) is 8. The Morgan fingerprint density at radius 3 is 3.07 bits per heavy atom. The van der Waals surface area contributed by atoms with Crippen molar-refractivity contribution in [1.82, 2.24) is 9.97 Å². The highest BCUT2D eigenvalue weighted by Crippen LogP contribution is 2.30. The number of ether oxygens (including phenoxy) is 1. The zero-order valence-corrected chi connectivity index (χ0v) is 15.5. The maximum atomic E-state index is 11.5. The van der Waals surface area contributed by atoms with Gasteiger partial charge in [-0.05, 0) is 18.2 Å². The van der Waals surface area contributed by atoms with E-state index < -0.39 is 12.0 Å². The van der Waals surface area contributed by atoms with E-state index in [-0.39, 0.29) is 25.7 Å². The molecule has 1 aromatic carbocycles. The minimum atomic E-state index is -0.618. The number of nitrogens with two attached hydrogens (primary N) is 1. The Labute approximate surface area is 163 Å². The maximum absolute atomic E-state index is 11.5. The van der Waals surface area contributed by atoms with Crippen molar-refractivity contribution in [2.75, 3.05) is 35.6 Å². The second-order valence-corrected chi connectivity index (χ2v) is 5.67. The maximum Gasteiger partial charge on any atom is 0.254 e. The third kappa shape index (κ3) is 5.02. The number of fused-ring (bicyclic) bond motifs is 1. The van der Waals surface area contributed by atoms with Crippen LogP contribution in [0, 0.1) is 0 Å². The van der Waals surface area contributed by atoms with Gasteiger partial charge < -0.3 is 31.5 Å². The molecular weight excluding hydrogens is 368 g/mol. The van der Waals surface area contributed by atoms with Crippen molar-refractivity contribution in [3.05, 3.63) is 42.6 Å². The van der Waals surface area contributed by atoms with Gasteiger partial charge in [0.05, 0.1) is 11.3 Å². The number of benzene rings is 1. The number of aliphatic hydroxyl groups is 1. The summed E-state index contributed by atoms with van der Waals surface area (Å²) in [6.45, 7) is 4.69. The molecule has 1 aromatic heterocycles. The number of nitrogens with one attached hydrogen (secondary N) is 3. The fourth-order valence-corrected chi connectivity index (χ4v) is 2.40. The van der Waals surface area contributed by atoms with E-state index in [1.165, 1.54) is 6.20 Å². The smallest absolute Gasteiger partial charge is 0.254 e. The summed E-state index contributed by atoms with van der Waals surface area (Å²) in [5, 5.41) is 18.8. The average molecular weight is 390 g/mol. The predicted molar refractivity (Wildman–Crippen MR) is 109 cm³/mol. The van der Waals surface area contributed by atoms with Gasteiger partial charge in [0, 0.05) is 25.0 Å². The van der Waals surface area contributed by atoms with Crippen LogP contribution in [-0.4, -0.2) is 46.8 Å². The van der Waals surface area contributed by atoms with Crippen molar-refractivity contribution in [3.63, 3.8) is 0 Å². The molecule has 1 atom stereocenters. The van der Waals surface area contributed by atoms with Crippen molar-refractivity contribution in [2.45, 2.75) is 6.10 Å². The van der Waals surface area contributed by atoms with Crippen LogP contribution in [0.5, 0.6) is 5.75 Å². The molecule has 0 aliphatic carbocycles. The third-order valence-corrected chi connectivity index (χ3v) is 3.66. The van der Waals surface area contributed by atoms with Gasteiger partial charge in [-0.15, -0.1) is 6.58 Å². The van der Waals surface area contributed by atoms with E-state index in [1.54, 1.807) is 18.2 Å². The van der Waals surface area contributed by atoms with E-state index in [1.807, 2.05) is 6.07 Å². The number of carbonyl (C=O) groups is 1. The van der Waals surface area contributed by atoms with Crippen molar-refractivity contribution < 1.29 is 14.6 Å². The Morgan fingerprint density at radius 2 is 2.33 bits per heavy atom. The molecule has 0 radical (unpaired) electrons. The third-order valence-electron chi connectivity index (χ3n) is 3.66. The van der Waals surface area contributed by atoms with Crippen LogP contribution in [-0.2, 0) is 0 Å². The Balaban J connectivity index is 0.00000261. The Hall–Kier alpha value is -2.98. The van der Waals surface area contributed by atoms with Gasteiger partial charge >= 0.3 is 0 Å². The van der Waals surface area contributed by atoms with E-state index in [0.29, 0.717) is 30.6 Å². The highest BCUT2D eigenvalue weighted by molar-refractivity contribution is 7.59. The lowest BCUT2D eigenvalue weighted by molar-refractivity contribution is 0.100. The number of β-amino-alcohol motifs (C(OH)–C–C–N with tert-alkyl or cyclic N) is 1. The molecule has 2 aromatic rings. The molecule has 27 heavy (non-hydrogen) atoms. The van der Waals surface area contributed by atoms with Crippen molar-refractivity contribution >= 4 is 42.5 Å². The Bertz CT molecular complexity index is 832. The van der Waals surface area contributed by atoms with Crippen LogP contribution >= 0.6 is 13.5 Å². The van der Waals surface area contributed by atoms with Gasteiger partial charge in [0.1, 0.15) is 24.3 Å². The zero-order valence-electron chi connectivity index (χ0n) is 14.5. The molecular formula is C17H22N6O3S. The summed E-state index contributed by atoms with van der Waals surface area (Å²) < 4.78 is 5.53. The molecule has 0 bridgehead atoms. The molecule has 3 rings (SSSR count). The van der Waals surface area contributed by atoms with E-state index in [9.17, 15) is 9.90 Å². The number of hydrogen-bond donors (Lipinski definition) is 5. The summed E-state index contributed by atoms with van der Waals surface area (Å²) in [5.41, 5.74) is 7.02. The minimum Gasteiger partial charge on any atom is -0.489 e. The molecule has 0 saturated heterocycles. The molecule has 1 aliphatic heterocycles. The lowest BCUT2D eigenvalue weighted by Gasteiger charge is -2.12. The first-order valence-electron chi connectivity index (χ1n) is 8.04. The molecule has 0 unspecified atom stereocenters. The monoisotopic (exact) mass is 390 g/mol. The van der Waals surface area contributed by atoms with Crippen molar-refractivity contribution in [1.29, 1.82) is 0 Å². The summed E-state index contributed by atoms with van der Waals surface area (Å²) in [6.07, 6.45) is 2.44. The standard InChI is InChI=1S/C17H20N6O3.H2S/c1-2-5-19-16-12(15(18)25)8-21-17(23-16)22-10-3-4-14-13(6-10)20-7-11(24)9-26-14;/h2-4,6,8,11,20,24H,1,5,7,9H2,(H2,18,25)(H2,19,21,22,23);1H2/t11-;/m0./s1. The lowest BCUT2D eigenvalue weighted by Crippen LogP contribution is -2.23. The van der Waals surface area contributed by atoms with Gasteiger partial charge in [0.25, 0.3) is 5.91 Å². The van der Waals surface area contributed by atoms with E-state index in [0.717, 1.165) is 11.4 Å². The second kappa shape index (κ2) is 9.10. The largest absolute Gasteiger partial charge is 0.489 e. The second-order valence-electron chi connectivity index (χ2n) is 5.67. The van der Waals surface area contributed by atoms with Crippen LogP contribution in [0.2, 0.25) is 0 Å². The molecule has 2 heterocycles. The van der Waals surface area contributed by atoms with Crippen LogP contribution < -0.4 is 26.4 Å². The molecule has 0 fully saturated rings. The molecule has 0 saturated carbocycles. The van der Waals surface area contributed by atoms with Crippen LogP contribution in [0.4, 0.5) is 23.1 Å². The fourth-order valence-electron chi connectivity index (χ4n) is 2.40. The summed E-state index contributed by atoms with van der Waals surface area (Å²) in [6, 6.07) is 5.42. The average Bonchev–Trinajstić information content (AvgIpc) is 2.81. The topological polar surface area (TPSA) is 134 Å². The van der Waals surface area contributed by atoms with Gasteiger partial charge in [-0.2, -0.15) is 18.5 Å². The highest BCUT2D eigenvalue weighted by Gasteiger charge is 2.15. The fraction of sp³-hybridized carbons (Fsp3) is 0.235. The minimum absolute atomic E-state index is 0. The van der Waals surface area contributed by atoms with Crippen molar-refractivity contribution in [2.24, 2.45) is 5.73 Å². The number of amides is 1. The molecule has 0 spiro atoms. The van der Waals surface area contributed by atoms with Crippen LogP contribution in [0.3, 0.4) is 0 Å². The predicted octanol–water partition coefficient (Wildman–Crippen LogP) is 1.19. The van der Waals surface area contributed by atoms with Gasteiger partial charge in [-0.3, -0.25) is 4.79 Å². The number of anilines is 4. The summed E-state index contributed by atoms with van der Waals surface area (Å²) >= 11 is 0. The number of carbonyl (C=O) groups excluding carboxylic acids is 1. The lowest BCUT2D eigenvalue weighted by atomic mass is 10.2. The summed E-state index contributed by atoms with van der Waals surface area (Å²) in [5.74, 6) is 0.670. The van der Waals surface area contributed by atoms with Crippen molar-refractivity contribution in [3.8, 4) is 5.75 Å². The van der Waals surface area contributed by atoms with E-state index >= 15 is 0 Å². The molecule has 10 heteroatoms. The highest BCUT2D eigenvalue weighted by atomic mass is 32.1. The van der Waals surface area contributed by atoms with Gasteiger partial charge in [-0.25, -0.2) is 4.98 Å². The van der Waals surface area contributed by atoms with Crippen LogP contribution in [0.15, 0.2) is 37.1 Å². The first-order chi connectivity index (χ1) is 12.6. The molecule has 9 nitrogen and oxygen atoms in total. The SMILES string of the molecule is C=CCNc1nc(Nc2ccc3c(c2)NC[C@H](O)CO3)ncc1C(N)=O.S. The van der Waals surface area contributed by atoms with E-state index in [2.05, 4.69) is 32.5 Å². The number of aliphatic hydroxyl groups excluding tert-OH is 1.